The van der Waals surface area contributed by atoms with Gasteiger partial charge in [0.15, 0.2) is 11.5 Å². The van der Waals surface area contributed by atoms with Crippen LogP contribution in [0.15, 0.2) is 6.33 Å². The predicted octanol–water partition coefficient (Wildman–Crippen LogP) is -0.248. The first-order valence-corrected chi connectivity index (χ1v) is 4.93. The maximum Gasteiger partial charge on any atom is 0.224 e. The van der Waals surface area contributed by atoms with Crippen molar-refractivity contribution in [2.75, 3.05) is 24.3 Å². The van der Waals surface area contributed by atoms with Gasteiger partial charge in [0, 0.05) is 7.05 Å². The number of hydrogen-bond acceptors (Lipinski definition) is 6. The van der Waals surface area contributed by atoms with Crippen molar-refractivity contribution in [2.24, 2.45) is 0 Å². The van der Waals surface area contributed by atoms with Gasteiger partial charge in [-0.05, 0) is 6.92 Å². The monoisotopic (exact) mass is 222 g/mol. The van der Waals surface area contributed by atoms with E-state index in [1.807, 2.05) is 18.9 Å². The minimum atomic E-state index is -0.0548. The second-order valence-corrected chi connectivity index (χ2v) is 3.65. The molecule has 2 aromatic rings. The van der Waals surface area contributed by atoms with Gasteiger partial charge in [-0.3, -0.25) is 0 Å². The third kappa shape index (κ3) is 1.65. The van der Waals surface area contributed by atoms with Crippen LogP contribution in [-0.4, -0.2) is 44.7 Å². The van der Waals surface area contributed by atoms with Crippen molar-refractivity contribution < 1.29 is 5.11 Å². The van der Waals surface area contributed by atoms with Crippen LogP contribution >= 0.6 is 0 Å². The van der Waals surface area contributed by atoms with Gasteiger partial charge in [-0.25, -0.2) is 4.98 Å². The topological polar surface area (TPSA) is 104 Å². The largest absolute Gasteiger partial charge is 0.394 e. The average molecular weight is 222 g/mol. The summed E-state index contributed by atoms with van der Waals surface area (Å²) in [5.74, 6) is 0.813. The summed E-state index contributed by atoms with van der Waals surface area (Å²) in [6.07, 6.45) is 1.54. The normalized spacial score (nSPS) is 12.9. The molecule has 0 saturated heterocycles. The van der Waals surface area contributed by atoms with Crippen molar-refractivity contribution in [3.63, 3.8) is 0 Å². The summed E-state index contributed by atoms with van der Waals surface area (Å²) in [6.45, 7) is 1.93. The van der Waals surface area contributed by atoms with E-state index < -0.39 is 0 Å². The number of aliphatic hydroxyl groups is 1. The first-order valence-electron chi connectivity index (χ1n) is 4.93. The maximum atomic E-state index is 9.12. The number of likely N-dealkylation sites (N-methyl/N-ethyl adjacent to an activating group) is 1. The van der Waals surface area contributed by atoms with Gasteiger partial charge in [-0.1, -0.05) is 0 Å². The van der Waals surface area contributed by atoms with Crippen LogP contribution in [0.25, 0.3) is 11.2 Å². The zero-order chi connectivity index (χ0) is 11.7. The van der Waals surface area contributed by atoms with E-state index in [0.717, 1.165) is 5.52 Å². The second-order valence-electron chi connectivity index (χ2n) is 3.65. The Morgan fingerprint density at radius 2 is 2.31 bits per heavy atom. The summed E-state index contributed by atoms with van der Waals surface area (Å²) in [6, 6.07) is -0.0548. The van der Waals surface area contributed by atoms with E-state index in [4.69, 9.17) is 10.8 Å². The molecule has 0 aromatic carbocycles. The third-order valence-electron chi connectivity index (χ3n) is 2.54. The SMILES string of the molecule is CC(CO)N(C)c1nc(N)nc2nc[nH]c12. The molecule has 0 bridgehead atoms. The Balaban J connectivity index is 2.53. The fourth-order valence-electron chi connectivity index (χ4n) is 1.42. The molecular formula is C9H14N6O. The molecule has 2 rings (SSSR count). The molecule has 1 atom stereocenters. The molecule has 1 unspecified atom stereocenters. The van der Waals surface area contributed by atoms with E-state index in [9.17, 15) is 0 Å². The smallest absolute Gasteiger partial charge is 0.224 e. The zero-order valence-electron chi connectivity index (χ0n) is 9.18. The number of rotatable bonds is 3. The summed E-state index contributed by atoms with van der Waals surface area (Å²) in [4.78, 5) is 17.0. The Bertz CT molecular complexity index is 496. The zero-order valence-corrected chi connectivity index (χ0v) is 9.18. The number of H-pyrrole nitrogens is 1. The molecule has 7 nitrogen and oxygen atoms in total. The molecule has 86 valence electrons. The van der Waals surface area contributed by atoms with Gasteiger partial charge in [0.1, 0.15) is 5.52 Å². The number of nitrogen functional groups attached to an aromatic ring is 1. The number of nitrogens with zero attached hydrogens (tertiary/aromatic N) is 4. The molecule has 0 aliphatic heterocycles. The highest BCUT2D eigenvalue weighted by Gasteiger charge is 2.16. The van der Waals surface area contributed by atoms with Crippen molar-refractivity contribution in [3.05, 3.63) is 6.33 Å². The van der Waals surface area contributed by atoms with Crippen LogP contribution in [0.2, 0.25) is 0 Å². The standard InChI is InChI=1S/C9H14N6O/c1-5(3-16)15(2)8-6-7(12-4-11-6)13-9(10)14-8/h4-5,16H,3H2,1-2H3,(H3,10,11,12,13,14). The average Bonchev–Trinajstić information content (AvgIpc) is 2.73. The fraction of sp³-hybridized carbons (Fsp3) is 0.444. The summed E-state index contributed by atoms with van der Waals surface area (Å²) in [5, 5.41) is 9.12. The molecule has 0 aliphatic carbocycles. The van der Waals surface area contributed by atoms with E-state index in [2.05, 4.69) is 19.9 Å². The van der Waals surface area contributed by atoms with Crippen molar-refractivity contribution >= 4 is 22.9 Å². The summed E-state index contributed by atoms with van der Waals surface area (Å²) < 4.78 is 0. The summed E-state index contributed by atoms with van der Waals surface area (Å²) in [7, 11) is 1.84. The van der Waals surface area contributed by atoms with Crippen molar-refractivity contribution in [2.45, 2.75) is 13.0 Å². The van der Waals surface area contributed by atoms with Crippen LogP contribution in [0.5, 0.6) is 0 Å². The Kier molecular flexibility index (Phi) is 2.61. The van der Waals surface area contributed by atoms with Gasteiger partial charge in [-0.2, -0.15) is 9.97 Å². The van der Waals surface area contributed by atoms with E-state index >= 15 is 0 Å². The van der Waals surface area contributed by atoms with Crippen molar-refractivity contribution in [1.82, 2.24) is 19.9 Å². The molecule has 0 radical (unpaired) electrons. The van der Waals surface area contributed by atoms with Crippen LogP contribution in [0.3, 0.4) is 0 Å². The minimum Gasteiger partial charge on any atom is -0.394 e. The Labute approximate surface area is 92.3 Å². The van der Waals surface area contributed by atoms with Gasteiger partial charge in [0.2, 0.25) is 5.95 Å². The maximum absolute atomic E-state index is 9.12. The number of fused-ring (bicyclic) bond motifs is 1. The molecule has 0 spiro atoms. The van der Waals surface area contributed by atoms with Crippen LogP contribution in [-0.2, 0) is 0 Å². The second kappa shape index (κ2) is 3.93. The predicted molar refractivity (Wildman–Crippen MR) is 61.0 cm³/mol. The number of anilines is 2. The molecule has 0 aliphatic rings. The minimum absolute atomic E-state index is 0.0377. The van der Waals surface area contributed by atoms with Crippen molar-refractivity contribution in [1.29, 1.82) is 0 Å². The van der Waals surface area contributed by atoms with E-state index in [1.165, 1.54) is 0 Å². The highest BCUT2D eigenvalue weighted by molar-refractivity contribution is 5.84. The van der Waals surface area contributed by atoms with Gasteiger partial charge in [0.25, 0.3) is 0 Å². The molecule has 2 heterocycles. The van der Waals surface area contributed by atoms with E-state index in [1.54, 1.807) is 6.33 Å². The number of aliphatic hydroxyl groups excluding tert-OH is 1. The van der Waals surface area contributed by atoms with E-state index in [-0.39, 0.29) is 18.6 Å². The number of aromatic nitrogens is 4. The lowest BCUT2D eigenvalue weighted by molar-refractivity contribution is 0.270. The fourth-order valence-corrected chi connectivity index (χ4v) is 1.42. The van der Waals surface area contributed by atoms with Crippen molar-refractivity contribution in [3.8, 4) is 0 Å². The first-order chi connectivity index (χ1) is 7.63. The Hall–Kier alpha value is -1.89. The molecule has 2 aromatic heterocycles. The van der Waals surface area contributed by atoms with E-state index in [0.29, 0.717) is 11.5 Å². The lowest BCUT2D eigenvalue weighted by Crippen LogP contribution is -2.32. The highest BCUT2D eigenvalue weighted by atomic mass is 16.3. The lowest BCUT2D eigenvalue weighted by atomic mass is 10.3. The van der Waals surface area contributed by atoms with Gasteiger partial charge < -0.3 is 20.7 Å². The number of nitrogens with two attached hydrogens (primary N) is 1. The number of imidazole rings is 1. The Morgan fingerprint density at radius 1 is 1.56 bits per heavy atom. The molecule has 7 heteroatoms. The van der Waals surface area contributed by atoms with Gasteiger partial charge in [-0.15, -0.1) is 0 Å². The third-order valence-corrected chi connectivity index (χ3v) is 2.54. The van der Waals surface area contributed by atoms with Gasteiger partial charge >= 0.3 is 0 Å². The molecule has 0 amide bonds. The first kappa shape index (κ1) is 10.6. The van der Waals surface area contributed by atoms with Gasteiger partial charge in [0.05, 0.1) is 19.0 Å². The molecule has 4 N–H and O–H groups in total. The summed E-state index contributed by atoms with van der Waals surface area (Å²) >= 11 is 0. The highest BCUT2D eigenvalue weighted by Crippen LogP contribution is 2.21. The van der Waals surface area contributed by atoms with Crippen LogP contribution in [0.1, 0.15) is 6.92 Å². The number of nitrogens with one attached hydrogen (secondary N) is 1. The molecule has 0 saturated carbocycles. The Morgan fingerprint density at radius 3 is 3.00 bits per heavy atom. The quantitative estimate of drug-likeness (QED) is 0.661. The molecule has 16 heavy (non-hydrogen) atoms. The van der Waals surface area contributed by atoms with Crippen LogP contribution in [0.4, 0.5) is 11.8 Å². The summed E-state index contributed by atoms with van der Waals surface area (Å²) in [5.41, 5.74) is 6.84. The van der Waals surface area contributed by atoms with Crippen LogP contribution < -0.4 is 10.6 Å². The molecular weight excluding hydrogens is 208 g/mol. The van der Waals surface area contributed by atoms with Crippen LogP contribution in [0, 0.1) is 0 Å². The molecule has 0 fully saturated rings. The number of aromatic amines is 1. The number of hydrogen-bond donors (Lipinski definition) is 3. The lowest BCUT2D eigenvalue weighted by Gasteiger charge is -2.24.